The largest absolute Gasteiger partial charge is 0.416 e. The molecule has 0 radical (unpaired) electrons. The Hall–Kier alpha value is -1.08. The maximum atomic E-state index is 12.6. The molecule has 0 heterocycles. The van der Waals surface area contributed by atoms with Gasteiger partial charge >= 0.3 is 6.18 Å². The molecule has 0 spiro atoms. The second-order valence-corrected chi connectivity index (χ2v) is 7.01. The van der Waals surface area contributed by atoms with E-state index in [2.05, 4.69) is 5.32 Å². The standard InChI is InChI=1S/C13H18F3NO2S/c1-3-20(18,19)8-7-17-10(2)11-5-4-6-12(9-11)13(14,15)16/h4-6,9-10,17H,3,7-8H2,1-2H3. The summed E-state index contributed by atoms with van der Waals surface area (Å²) >= 11 is 0. The van der Waals surface area contributed by atoms with E-state index in [1.807, 2.05) is 0 Å². The van der Waals surface area contributed by atoms with Crippen LogP contribution < -0.4 is 5.32 Å². The topological polar surface area (TPSA) is 46.2 Å². The minimum atomic E-state index is -4.37. The Labute approximate surface area is 117 Å². The number of hydrogen-bond donors (Lipinski definition) is 1. The average molecular weight is 309 g/mol. The normalized spacial score (nSPS) is 14.2. The van der Waals surface area contributed by atoms with Crippen molar-refractivity contribution in [2.45, 2.75) is 26.1 Å². The van der Waals surface area contributed by atoms with Gasteiger partial charge in [0.2, 0.25) is 0 Å². The zero-order chi connectivity index (χ0) is 15.4. The highest BCUT2D eigenvalue weighted by atomic mass is 32.2. The van der Waals surface area contributed by atoms with Gasteiger partial charge in [-0.3, -0.25) is 0 Å². The molecule has 114 valence electrons. The van der Waals surface area contributed by atoms with Crippen LogP contribution in [0, 0.1) is 0 Å². The summed E-state index contributed by atoms with van der Waals surface area (Å²) in [6.45, 7) is 3.48. The fourth-order valence-corrected chi connectivity index (χ4v) is 2.39. The van der Waals surface area contributed by atoms with Gasteiger partial charge in [0.1, 0.15) is 0 Å². The van der Waals surface area contributed by atoms with Crippen molar-refractivity contribution in [2.75, 3.05) is 18.1 Å². The van der Waals surface area contributed by atoms with Crippen LogP contribution in [0.2, 0.25) is 0 Å². The molecule has 20 heavy (non-hydrogen) atoms. The van der Waals surface area contributed by atoms with Crippen LogP contribution in [0.4, 0.5) is 13.2 Å². The molecule has 1 aromatic rings. The molecule has 0 aromatic heterocycles. The molecule has 0 aliphatic rings. The van der Waals surface area contributed by atoms with Gasteiger partial charge in [-0.15, -0.1) is 0 Å². The first kappa shape index (κ1) is 17.0. The SMILES string of the molecule is CCS(=O)(=O)CCNC(C)c1cccc(C(F)(F)F)c1. The van der Waals surface area contributed by atoms with Gasteiger partial charge in [-0.1, -0.05) is 19.1 Å². The lowest BCUT2D eigenvalue weighted by atomic mass is 10.1. The molecular formula is C13H18F3NO2S. The van der Waals surface area contributed by atoms with Crippen molar-refractivity contribution in [3.8, 4) is 0 Å². The number of sulfone groups is 1. The number of rotatable bonds is 6. The van der Waals surface area contributed by atoms with E-state index >= 15 is 0 Å². The lowest BCUT2D eigenvalue weighted by Gasteiger charge is -2.16. The third-order valence-corrected chi connectivity index (χ3v) is 4.72. The van der Waals surface area contributed by atoms with Crippen LogP contribution in [0.1, 0.15) is 31.0 Å². The van der Waals surface area contributed by atoms with Gasteiger partial charge in [-0.25, -0.2) is 8.42 Å². The quantitative estimate of drug-likeness (QED) is 0.879. The Bertz CT molecular complexity index is 541. The monoisotopic (exact) mass is 309 g/mol. The van der Waals surface area contributed by atoms with Crippen molar-refractivity contribution in [1.29, 1.82) is 0 Å². The lowest BCUT2D eigenvalue weighted by molar-refractivity contribution is -0.137. The van der Waals surface area contributed by atoms with Crippen molar-refractivity contribution in [3.63, 3.8) is 0 Å². The van der Waals surface area contributed by atoms with E-state index in [9.17, 15) is 21.6 Å². The molecule has 0 fully saturated rings. The number of benzene rings is 1. The zero-order valence-corrected chi connectivity index (χ0v) is 12.2. The summed E-state index contributed by atoms with van der Waals surface area (Å²) in [5.41, 5.74) is -0.224. The van der Waals surface area contributed by atoms with Crippen LogP contribution in [0.25, 0.3) is 0 Å². The summed E-state index contributed by atoms with van der Waals surface area (Å²) in [6, 6.07) is 4.67. The molecule has 0 amide bonds. The molecule has 1 aromatic carbocycles. The zero-order valence-electron chi connectivity index (χ0n) is 11.4. The van der Waals surface area contributed by atoms with E-state index in [1.165, 1.54) is 6.07 Å². The minimum Gasteiger partial charge on any atom is -0.309 e. The predicted molar refractivity (Wildman–Crippen MR) is 72.2 cm³/mol. The molecule has 1 unspecified atom stereocenters. The van der Waals surface area contributed by atoms with Gasteiger partial charge in [-0.2, -0.15) is 13.2 Å². The lowest BCUT2D eigenvalue weighted by Crippen LogP contribution is -2.26. The Morgan fingerprint density at radius 2 is 1.95 bits per heavy atom. The summed E-state index contributed by atoms with van der Waals surface area (Å²) < 4.78 is 60.4. The van der Waals surface area contributed by atoms with Crippen molar-refractivity contribution >= 4 is 9.84 Å². The first-order valence-electron chi connectivity index (χ1n) is 6.26. The molecule has 1 atom stereocenters. The summed E-state index contributed by atoms with van der Waals surface area (Å²) in [4.78, 5) is 0. The summed E-state index contributed by atoms with van der Waals surface area (Å²) in [6.07, 6.45) is -4.37. The molecule has 0 aliphatic carbocycles. The Kier molecular flexibility index (Phi) is 5.59. The van der Waals surface area contributed by atoms with Gasteiger partial charge in [0.05, 0.1) is 11.3 Å². The van der Waals surface area contributed by atoms with Gasteiger partial charge in [0, 0.05) is 18.3 Å². The predicted octanol–water partition coefficient (Wildman–Crippen LogP) is 2.79. The number of halogens is 3. The molecule has 1 N–H and O–H groups in total. The minimum absolute atomic E-state index is 0.0210. The second kappa shape index (κ2) is 6.58. The average Bonchev–Trinajstić information content (AvgIpc) is 2.37. The summed E-state index contributed by atoms with van der Waals surface area (Å²) in [5.74, 6) is 0.0411. The Morgan fingerprint density at radius 1 is 1.30 bits per heavy atom. The number of alkyl halides is 3. The number of nitrogens with one attached hydrogen (secondary N) is 1. The van der Waals surface area contributed by atoms with Crippen LogP contribution in [0.15, 0.2) is 24.3 Å². The van der Waals surface area contributed by atoms with E-state index in [1.54, 1.807) is 19.9 Å². The van der Waals surface area contributed by atoms with Crippen molar-refractivity contribution in [1.82, 2.24) is 5.32 Å². The maximum Gasteiger partial charge on any atom is 0.416 e. The summed E-state index contributed by atoms with van der Waals surface area (Å²) in [5, 5.41) is 2.92. The van der Waals surface area contributed by atoms with E-state index in [4.69, 9.17) is 0 Å². The first-order chi connectivity index (χ1) is 9.15. The molecular weight excluding hydrogens is 291 g/mol. The van der Waals surface area contributed by atoms with Gasteiger partial charge in [0.15, 0.2) is 9.84 Å². The smallest absolute Gasteiger partial charge is 0.309 e. The molecule has 0 aliphatic heterocycles. The van der Waals surface area contributed by atoms with Gasteiger partial charge < -0.3 is 5.32 Å². The van der Waals surface area contributed by atoms with E-state index in [0.717, 1.165) is 12.1 Å². The number of hydrogen-bond acceptors (Lipinski definition) is 3. The molecule has 0 bridgehead atoms. The van der Waals surface area contributed by atoms with Crippen LogP contribution >= 0.6 is 0 Å². The van der Waals surface area contributed by atoms with E-state index in [0.29, 0.717) is 5.56 Å². The van der Waals surface area contributed by atoms with Crippen LogP contribution in [-0.4, -0.2) is 26.5 Å². The highest BCUT2D eigenvalue weighted by Gasteiger charge is 2.30. The van der Waals surface area contributed by atoms with Crippen molar-refractivity contribution < 1.29 is 21.6 Å². The second-order valence-electron chi connectivity index (χ2n) is 4.54. The highest BCUT2D eigenvalue weighted by Crippen LogP contribution is 2.30. The molecule has 0 saturated heterocycles. The van der Waals surface area contributed by atoms with E-state index < -0.39 is 21.6 Å². The van der Waals surface area contributed by atoms with Crippen LogP contribution in [0.5, 0.6) is 0 Å². The van der Waals surface area contributed by atoms with Crippen LogP contribution in [0.3, 0.4) is 0 Å². The highest BCUT2D eigenvalue weighted by molar-refractivity contribution is 7.91. The maximum absolute atomic E-state index is 12.6. The van der Waals surface area contributed by atoms with Crippen LogP contribution in [-0.2, 0) is 16.0 Å². The molecule has 7 heteroatoms. The van der Waals surface area contributed by atoms with E-state index in [-0.39, 0.29) is 24.1 Å². The van der Waals surface area contributed by atoms with Crippen molar-refractivity contribution in [3.05, 3.63) is 35.4 Å². The van der Waals surface area contributed by atoms with Gasteiger partial charge in [-0.05, 0) is 24.6 Å². The summed E-state index contributed by atoms with van der Waals surface area (Å²) in [7, 11) is -3.07. The first-order valence-corrected chi connectivity index (χ1v) is 8.09. The van der Waals surface area contributed by atoms with Gasteiger partial charge in [0.25, 0.3) is 0 Å². The molecule has 1 rings (SSSR count). The van der Waals surface area contributed by atoms with Crippen molar-refractivity contribution in [2.24, 2.45) is 0 Å². The third kappa shape index (κ3) is 5.13. The molecule has 0 saturated carbocycles. The fourth-order valence-electron chi connectivity index (χ4n) is 1.68. The Balaban J connectivity index is 2.67. The molecule has 3 nitrogen and oxygen atoms in total. The third-order valence-electron chi connectivity index (χ3n) is 3.02. The fraction of sp³-hybridized carbons (Fsp3) is 0.538. The Morgan fingerprint density at radius 3 is 2.50 bits per heavy atom.